The van der Waals surface area contributed by atoms with E-state index in [1.165, 1.54) is 11.8 Å². The Morgan fingerprint density at radius 1 is 1.11 bits per heavy atom. The molecular formula is C18H24N6O3S. The summed E-state index contributed by atoms with van der Waals surface area (Å²) >= 11 is 1.35. The molecule has 0 radical (unpaired) electrons. The number of thioether (sulfide) groups is 1. The van der Waals surface area contributed by atoms with E-state index in [9.17, 15) is 9.59 Å². The highest BCUT2D eigenvalue weighted by molar-refractivity contribution is 7.99. The van der Waals surface area contributed by atoms with Crippen LogP contribution < -0.4 is 0 Å². The van der Waals surface area contributed by atoms with Gasteiger partial charge < -0.3 is 14.5 Å². The van der Waals surface area contributed by atoms with Crippen molar-refractivity contribution in [3.63, 3.8) is 0 Å². The summed E-state index contributed by atoms with van der Waals surface area (Å²) in [5.74, 6) is 0.960. The number of piperazine rings is 1. The molecule has 3 heterocycles. The number of aromatic nitrogens is 4. The van der Waals surface area contributed by atoms with Gasteiger partial charge in [0.05, 0.1) is 18.1 Å². The highest BCUT2D eigenvalue weighted by Crippen LogP contribution is 2.17. The van der Waals surface area contributed by atoms with Gasteiger partial charge in [-0.3, -0.25) is 4.79 Å². The average Bonchev–Trinajstić information content (AvgIpc) is 3.05. The van der Waals surface area contributed by atoms with Crippen molar-refractivity contribution in [3.05, 3.63) is 29.6 Å². The molecule has 1 fully saturated rings. The minimum atomic E-state index is -0.318. The first-order valence-electron chi connectivity index (χ1n) is 9.17. The summed E-state index contributed by atoms with van der Waals surface area (Å²) in [6, 6.07) is 5.66. The number of rotatable bonds is 5. The Kier molecular flexibility index (Phi) is 6.50. The predicted molar refractivity (Wildman–Crippen MR) is 105 cm³/mol. The molecule has 1 aliphatic rings. The molecule has 28 heavy (non-hydrogen) atoms. The fraction of sp³-hybridized carbons (Fsp3) is 0.500. The van der Waals surface area contributed by atoms with Gasteiger partial charge in [-0.05, 0) is 39.0 Å². The van der Waals surface area contributed by atoms with Crippen LogP contribution >= 0.6 is 11.8 Å². The predicted octanol–water partition coefficient (Wildman–Crippen LogP) is 1.67. The molecule has 0 atom stereocenters. The lowest BCUT2D eigenvalue weighted by atomic mass is 10.3. The van der Waals surface area contributed by atoms with Gasteiger partial charge in [-0.1, -0.05) is 11.8 Å². The molecule has 0 aliphatic carbocycles. The van der Waals surface area contributed by atoms with E-state index in [2.05, 4.69) is 15.3 Å². The number of hydrogen-bond donors (Lipinski definition) is 0. The van der Waals surface area contributed by atoms with Gasteiger partial charge in [0.15, 0.2) is 5.82 Å². The van der Waals surface area contributed by atoms with Crippen LogP contribution in [0.3, 0.4) is 0 Å². The Morgan fingerprint density at radius 2 is 1.82 bits per heavy atom. The minimum Gasteiger partial charge on any atom is -0.450 e. The quantitative estimate of drug-likeness (QED) is 0.700. The fourth-order valence-corrected chi connectivity index (χ4v) is 3.66. The van der Waals surface area contributed by atoms with Gasteiger partial charge in [0, 0.05) is 31.9 Å². The Bertz CT molecular complexity index is 830. The van der Waals surface area contributed by atoms with E-state index in [0.717, 1.165) is 11.4 Å². The van der Waals surface area contributed by atoms with E-state index in [4.69, 9.17) is 4.74 Å². The third-order valence-corrected chi connectivity index (χ3v) is 5.26. The normalized spacial score (nSPS) is 14.2. The van der Waals surface area contributed by atoms with Crippen LogP contribution in [-0.4, -0.2) is 80.3 Å². The summed E-state index contributed by atoms with van der Waals surface area (Å²) in [4.78, 5) is 27.5. The van der Waals surface area contributed by atoms with Gasteiger partial charge in [0.1, 0.15) is 5.03 Å². The largest absolute Gasteiger partial charge is 0.450 e. The first-order valence-corrected chi connectivity index (χ1v) is 10.2. The first kappa shape index (κ1) is 20.1. The van der Waals surface area contributed by atoms with Crippen LogP contribution in [0.1, 0.15) is 18.3 Å². The number of ether oxygens (including phenoxy) is 1. The molecular weight excluding hydrogens is 380 g/mol. The Labute approximate surface area is 168 Å². The van der Waals surface area contributed by atoms with Crippen LogP contribution in [0.2, 0.25) is 0 Å². The lowest BCUT2D eigenvalue weighted by Gasteiger charge is -2.34. The summed E-state index contributed by atoms with van der Waals surface area (Å²) in [5, 5.41) is 13.5. The molecule has 1 aliphatic heterocycles. The van der Waals surface area contributed by atoms with Gasteiger partial charge in [-0.2, -0.15) is 5.10 Å². The van der Waals surface area contributed by atoms with Crippen LogP contribution in [0.15, 0.2) is 23.2 Å². The van der Waals surface area contributed by atoms with Gasteiger partial charge >= 0.3 is 6.09 Å². The molecule has 0 saturated carbocycles. The molecule has 150 valence electrons. The molecule has 0 aromatic carbocycles. The second kappa shape index (κ2) is 9.05. The maximum absolute atomic E-state index is 12.4. The summed E-state index contributed by atoms with van der Waals surface area (Å²) in [5.41, 5.74) is 1.91. The summed E-state index contributed by atoms with van der Waals surface area (Å²) in [7, 11) is 0. The van der Waals surface area contributed by atoms with Crippen molar-refractivity contribution in [1.29, 1.82) is 0 Å². The Morgan fingerprint density at radius 3 is 2.39 bits per heavy atom. The average molecular weight is 404 g/mol. The summed E-state index contributed by atoms with van der Waals surface area (Å²) in [6.45, 7) is 8.04. The molecule has 2 amide bonds. The molecule has 0 N–H and O–H groups in total. The van der Waals surface area contributed by atoms with Crippen molar-refractivity contribution in [2.45, 2.75) is 25.8 Å². The second-order valence-electron chi connectivity index (χ2n) is 6.42. The number of carbonyl (C=O) groups is 2. The van der Waals surface area contributed by atoms with E-state index in [-0.39, 0.29) is 17.8 Å². The number of amides is 2. The highest BCUT2D eigenvalue weighted by Gasteiger charge is 2.24. The topological polar surface area (TPSA) is 93.5 Å². The number of nitrogens with zero attached hydrogens (tertiary/aromatic N) is 6. The summed E-state index contributed by atoms with van der Waals surface area (Å²) in [6.07, 6.45) is -0.318. The molecule has 3 rings (SSSR count). The molecule has 0 unspecified atom stereocenters. The Hall–Kier alpha value is -2.62. The Balaban J connectivity index is 1.49. The van der Waals surface area contributed by atoms with Gasteiger partial charge in [0.2, 0.25) is 5.91 Å². The van der Waals surface area contributed by atoms with Gasteiger partial charge in [-0.15, -0.1) is 10.2 Å². The maximum atomic E-state index is 12.4. The lowest BCUT2D eigenvalue weighted by molar-refractivity contribution is -0.129. The van der Waals surface area contributed by atoms with Crippen LogP contribution in [-0.2, 0) is 9.53 Å². The standard InChI is InChI=1S/C18H24N6O3S/c1-4-27-18(26)23-9-7-22(8-10-23)17(25)12-28-16-6-5-15(19-20-16)24-14(3)11-13(2)21-24/h5-6,11H,4,7-10,12H2,1-3H3. The second-order valence-corrected chi connectivity index (χ2v) is 7.42. The van der Waals surface area contributed by atoms with Crippen LogP contribution in [0.5, 0.6) is 0 Å². The van der Waals surface area contributed by atoms with E-state index < -0.39 is 0 Å². The zero-order valence-electron chi connectivity index (χ0n) is 16.3. The third-order valence-electron chi connectivity index (χ3n) is 4.35. The lowest BCUT2D eigenvalue weighted by Crippen LogP contribution is -2.51. The summed E-state index contributed by atoms with van der Waals surface area (Å²) < 4.78 is 6.73. The molecule has 0 spiro atoms. The highest BCUT2D eigenvalue weighted by atomic mass is 32.2. The maximum Gasteiger partial charge on any atom is 0.409 e. The van der Waals surface area contributed by atoms with Gasteiger partial charge in [-0.25, -0.2) is 9.48 Å². The molecule has 1 saturated heterocycles. The van der Waals surface area contributed by atoms with Crippen LogP contribution in [0, 0.1) is 13.8 Å². The first-order chi connectivity index (χ1) is 13.5. The van der Waals surface area contributed by atoms with Crippen LogP contribution in [0.4, 0.5) is 4.79 Å². The number of aryl methyl sites for hydroxylation is 2. The number of carbonyl (C=O) groups excluding carboxylic acids is 2. The van der Waals surface area contributed by atoms with Crippen molar-refractivity contribution in [2.75, 3.05) is 38.5 Å². The molecule has 2 aromatic heterocycles. The van der Waals surface area contributed by atoms with Crippen LogP contribution in [0.25, 0.3) is 5.82 Å². The van der Waals surface area contributed by atoms with Crippen molar-refractivity contribution < 1.29 is 14.3 Å². The van der Waals surface area contributed by atoms with Crippen molar-refractivity contribution in [1.82, 2.24) is 29.8 Å². The van der Waals surface area contributed by atoms with Gasteiger partial charge in [0.25, 0.3) is 0 Å². The van der Waals surface area contributed by atoms with E-state index in [0.29, 0.717) is 43.6 Å². The minimum absolute atomic E-state index is 0.0259. The third kappa shape index (κ3) is 4.80. The molecule has 0 bridgehead atoms. The SMILES string of the molecule is CCOC(=O)N1CCN(C(=O)CSc2ccc(-n3nc(C)cc3C)nn2)CC1. The smallest absolute Gasteiger partial charge is 0.409 e. The van der Waals surface area contributed by atoms with Crippen molar-refractivity contribution >= 4 is 23.8 Å². The zero-order valence-corrected chi connectivity index (χ0v) is 17.1. The van der Waals surface area contributed by atoms with E-state index in [1.54, 1.807) is 21.4 Å². The number of hydrogen-bond acceptors (Lipinski definition) is 7. The molecule has 9 nitrogen and oxygen atoms in total. The molecule has 10 heteroatoms. The fourth-order valence-electron chi connectivity index (χ4n) is 2.94. The zero-order chi connectivity index (χ0) is 20.1. The van der Waals surface area contributed by atoms with E-state index >= 15 is 0 Å². The molecule has 2 aromatic rings. The van der Waals surface area contributed by atoms with E-state index in [1.807, 2.05) is 32.0 Å². The van der Waals surface area contributed by atoms with Crippen molar-refractivity contribution in [2.24, 2.45) is 0 Å². The monoisotopic (exact) mass is 404 g/mol. The van der Waals surface area contributed by atoms with Crippen molar-refractivity contribution in [3.8, 4) is 5.82 Å².